The van der Waals surface area contributed by atoms with E-state index in [1.807, 2.05) is 78.9 Å². The molecule has 0 aliphatic carbocycles. The quantitative estimate of drug-likeness (QED) is 0.0201. The average Bonchev–Trinajstić information content (AvgIpc) is 1.92. The maximum absolute atomic E-state index is 15.8. The third-order valence-electron chi connectivity index (χ3n) is 14.7. The Kier molecular flexibility index (Phi) is 17.6. The molecule has 4 N–H and O–H groups in total. The predicted octanol–water partition coefficient (Wildman–Crippen LogP) is 8.76. The highest BCUT2D eigenvalue weighted by molar-refractivity contribution is 7.51. The monoisotopic (exact) mass is 1180 g/mol. The molecule has 25 heteroatoms. The van der Waals surface area contributed by atoms with Gasteiger partial charge in [0.2, 0.25) is 0 Å². The van der Waals surface area contributed by atoms with Gasteiger partial charge in [0.15, 0.2) is 17.0 Å². The van der Waals surface area contributed by atoms with Crippen LogP contribution in [0.5, 0.6) is 11.5 Å². The van der Waals surface area contributed by atoms with Gasteiger partial charge in [-0.2, -0.15) is 4.98 Å². The fourth-order valence-electron chi connectivity index (χ4n) is 10.3. The Labute approximate surface area is 491 Å². The molecule has 7 atom stereocenters. The number of aliphatic hydroxyl groups is 1. The summed E-state index contributed by atoms with van der Waals surface area (Å²) in [5.74, 6) is 0.401. The Morgan fingerprint density at radius 1 is 0.709 bits per heavy atom. The number of carbonyl (C=O) groups excluding carboxylic acids is 2. The van der Waals surface area contributed by atoms with Crippen LogP contribution in [-0.4, -0.2) is 103 Å². The van der Waals surface area contributed by atoms with Crippen LogP contribution in [0.3, 0.4) is 0 Å². The smallest absolute Gasteiger partial charge is 0.406 e. The molecule has 2 aliphatic heterocycles. The largest absolute Gasteiger partial charge is 0.497 e. The van der Waals surface area contributed by atoms with E-state index in [2.05, 4.69) is 35.7 Å². The summed E-state index contributed by atoms with van der Waals surface area (Å²) in [6.45, 7) is -1.25. The van der Waals surface area contributed by atoms with Crippen molar-refractivity contribution in [2.45, 2.75) is 61.9 Å². The van der Waals surface area contributed by atoms with Crippen LogP contribution in [0.2, 0.25) is 0 Å². The molecule has 5 heterocycles. The van der Waals surface area contributed by atoms with Crippen molar-refractivity contribution in [1.29, 1.82) is 0 Å². The number of fused-ring (bicyclic) bond motifs is 1. The van der Waals surface area contributed by atoms with Gasteiger partial charge < -0.3 is 39.4 Å². The van der Waals surface area contributed by atoms with E-state index < -0.39 is 85.8 Å². The van der Waals surface area contributed by atoms with Gasteiger partial charge in [0, 0.05) is 48.3 Å². The van der Waals surface area contributed by atoms with Crippen molar-refractivity contribution < 1.29 is 56.9 Å². The Morgan fingerprint density at radius 3 is 1.92 bits per heavy atom. The first kappa shape index (κ1) is 58.4. The molecule has 440 valence electrons. The van der Waals surface area contributed by atoms with Gasteiger partial charge in [0.1, 0.15) is 60.0 Å². The molecule has 0 bridgehead atoms. The molecule has 0 spiro atoms. The minimum Gasteiger partial charge on any atom is -0.497 e. The van der Waals surface area contributed by atoms with Crippen LogP contribution in [0.1, 0.15) is 68.3 Å². The summed E-state index contributed by atoms with van der Waals surface area (Å²) in [5, 5.41) is 32.0. The molecule has 2 aliphatic rings. The second kappa shape index (κ2) is 25.9. The number of hydrogen-bond acceptors (Lipinski definition) is 18. The Hall–Kier alpha value is -9.36. The number of ether oxygens (including phenoxy) is 5. The molecule has 86 heavy (non-hydrogen) atoms. The second-order valence-corrected chi connectivity index (χ2v) is 21.7. The minimum absolute atomic E-state index is 0.0121. The standard InChI is InChI=1S/C61H57N10O14P/c1-79-45-26-22-43(23-27-45)61(42-19-10-5-11-20-42,44-24-28-46(80-2)29-25-44)81-35-51-49(33-54(84-51)70-38-64-55-56(62-37-63-57(55)70)68-59(74)40-16-8-4-9-17-40)85-86(78,65-34-41-18-12-13-21-47(41)71(76)77)82-36-50-48(72)32-53(83-50)69-31-30-52(67-60(69)75)66-58(73)39-14-6-3-7-15-39/h3-31,37-38,48-51,53-54,72H,32-36H2,1-2H3,(H,65,78)(H,62,63,68,74)(H,66,67,73,75)/t48-,49-,50+,51+,53-,54-,86?/m0/s1. The van der Waals surface area contributed by atoms with Crippen molar-refractivity contribution in [3.05, 3.63) is 243 Å². The predicted molar refractivity (Wildman–Crippen MR) is 312 cm³/mol. The van der Waals surface area contributed by atoms with Crippen molar-refractivity contribution >= 4 is 48.0 Å². The summed E-state index contributed by atoms with van der Waals surface area (Å²) < 4.78 is 63.1. The number of imidazole rings is 1. The van der Waals surface area contributed by atoms with E-state index >= 15 is 4.57 Å². The molecule has 11 rings (SSSR count). The third-order valence-corrected chi connectivity index (χ3v) is 16.3. The number of nitrogens with zero attached hydrogens (tertiary/aromatic N) is 7. The summed E-state index contributed by atoms with van der Waals surface area (Å²) >= 11 is 0. The molecule has 2 fully saturated rings. The summed E-state index contributed by atoms with van der Waals surface area (Å²) in [6, 6.07) is 48.6. The van der Waals surface area contributed by atoms with Gasteiger partial charge in [-0.1, -0.05) is 109 Å². The van der Waals surface area contributed by atoms with Gasteiger partial charge in [0.05, 0.1) is 44.8 Å². The molecule has 1 unspecified atom stereocenters. The highest BCUT2D eigenvalue weighted by Gasteiger charge is 2.47. The first-order chi connectivity index (χ1) is 41.8. The summed E-state index contributed by atoms with van der Waals surface area (Å²) in [6.07, 6.45) is -2.94. The molecule has 0 saturated carbocycles. The second-order valence-electron chi connectivity index (χ2n) is 20.0. The van der Waals surface area contributed by atoms with Gasteiger partial charge in [-0.3, -0.25) is 37.9 Å². The maximum Gasteiger partial charge on any atom is 0.406 e. The molecule has 3 aromatic heterocycles. The highest BCUT2D eigenvalue weighted by Crippen LogP contribution is 2.51. The van der Waals surface area contributed by atoms with Crippen LogP contribution in [0, 0.1) is 10.1 Å². The maximum atomic E-state index is 15.8. The minimum atomic E-state index is -4.75. The number of methoxy groups -OCH3 is 2. The summed E-state index contributed by atoms with van der Waals surface area (Å²) in [7, 11) is -1.62. The molecule has 0 radical (unpaired) electrons. The Bertz CT molecular complexity index is 3910. The fourth-order valence-corrected chi connectivity index (χ4v) is 11.8. The number of hydrogen-bond donors (Lipinski definition) is 4. The first-order valence-electron chi connectivity index (χ1n) is 27.2. The number of carbonyl (C=O) groups is 2. The fraction of sp³-hybridized carbons (Fsp3) is 0.230. The van der Waals surface area contributed by atoms with Crippen molar-refractivity contribution in [1.82, 2.24) is 34.2 Å². The first-order valence-corrected chi connectivity index (χ1v) is 28.7. The molecular formula is C61H57N10O14P. The van der Waals surface area contributed by atoms with E-state index in [1.165, 1.54) is 43.1 Å². The third kappa shape index (κ3) is 12.7. The van der Waals surface area contributed by atoms with Crippen LogP contribution in [0.4, 0.5) is 17.3 Å². The number of aliphatic hydroxyl groups excluding tert-OH is 1. The lowest BCUT2D eigenvalue weighted by Crippen LogP contribution is -2.39. The van der Waals surface area contributed by atoms with Gasteiger partial charge >= 0.3 is 13.4 Å². The zero-order valence-corrected chi connectivity index (χ0v) is 47.1. The van der Waals surface area contributed by atoms with Crippen LogP contribution in [0.15, 0.2) is 194 Å². The highest BCUT2D eigenvalue weighted by atomic mass is 31.2. The molecule has 9 aromatic rings. The molecule has 2 amide bonds. The summed E-state index contributed by atoms with van der Waals surface area (Å²) in [5.41, 5.74) is 1.06. The summed E-state index contributed by atoms with van der Waals surface area (Å²) in [4.78, 5) is 68.9. The lowest BCUT2D eigenvalue weighted by atomic mass is 9.80. The van der Waals surface area contributed by atoms with E-state index in [0.29, 0.717) is 33.8 Å². The van der Waals surface area contributed by atoms with Gasteiger partial charge in [-0.15, -0.1) is 0 Å². The molecular weight excluding hydrogens is 1130 g/mol. The van der Waals surface area contributed by atoms with E-state index in [4.69, 9.17) is 32.7 Å². The molecule has 2 saturated heterocycles. The van der Waals surface area contributed by atoms with E-state index in [9.17, 15) is 29.6 Å². The van der Waals surface area contributed by atoms with Crippen molar-refractivity contribution in [3.63, 3.8) is 0 Å². The van der Waals surface area contributed by atoms with Crippen LogP contribution >= 0.6 is 7.75 Å². The lowest BCUT2D eigenvalue weighted by molar-refractivity contribution is -0.385. The van der Waals surface area contributed by atoms with Crippen LogP contribution < -0.4 is 30.9 Å². The number of nitrogens with one attached hydrogen (secondary N) is 3. The van der Waals surface area contributed by atoms with Crippen LogP contribution in [0.25, 0.3) is 11.2 Å². The van der Waals surface area contributed by atoms with Gasteiger partial charge in [-0.05, 0) is 71.3 Å². The average molecular weight is 1190 g/mol. The van der Waals surface area contributed by atoms with E-state index in [0.717, 1.165) is 10.1 Å². The van der Waals surface area contributed by atoms with Crippen molar-refractivity contribution in [2.24, 2.45) is 0 Å². The lowest BCUT2D eigenvalue weighted by Gasteiger charge is -2.37. The Morgan fingerprint density at radius 2 is 1.29 bits per heavy atom. The molecule has 24 nitrogen and oxygen atoms in total. The van der Waals surface area contributed by atoms with Gasteiger partial charge in [0.25, 0.3) is 17.5 Å². The van der Waals surface area contributed by atoms with E-state index in [-0.39, 0.29) is 53.5 Å². The number of nitro groups is 1. The number of para-hydroxylation sites is 1. The SMILES string of the molecule is COc1ccc(C(OC[C@H]2O[C@H](n3cnc4c(NC(=O)c5ccccc5)ncnc43)C[C@@H]2OP(=O)(NCc2ccccc2[N+](=O)[O-])OC[C@H]2O[C@H](n3ccc(NC(=O)c4ccccc4)nc3=O)C[C@@H]2O)(c2ccccc2)c2ccc(OC)cc2)cc1. The number of benzene rings is 6. The zero-order valence-electron chi connectivity index (χ0n) is 46.2. The van der Waals surface area contributed by atoms with Gasteiger partial charge in [-0.25, -0.2) is 29.4 Å². The molecule has 6 aromatic carbocycles. The van der Waals surface area contributed by atoms with Crippen molar-refractivity contribution in [3.8, 4) is 11.5 Å². The topological polar surface area (TPSA) is 294 Å². The zero-order chi connectivity index (χ0) is 59.8. The van der Waals surface area contributed by atoms with Crippen LogP contribution in [-0.2, 0) is 40.0 Å². The number of rotatable bonds is 23. The van der Waals surface area contributed by atoms with Crippen molar-refractivity contribution in [2.75, 3.05) is 38.1 Å². The normalized spacial score (nSPS) is 19.2. The Balaban J connectivity index is 0.930. The number of amides is 2. The number of anilines is 2. The number of aromatic nitrogens is 6. The number of nitro benzene ring substituents is 1. The van der Waals surface area contributed by atoms with E-state index in [1.54, 1.807) is 85.5 Å².